The van der Waals surface area contributed by atoms with Crippen LogP contribution in [0.4, 0.5) is 0 Å². The molecule has 0 aliphatic carbocycles. The SMILES string of the molecule is CCN=C(N)CCOCc1ccccc1. The maximum Gasteiger partial charge on any atom is 0.0960 e. The zero-order valence-corrected chi connectivity index (χ0v) is 9.15. The molecule has 82 valence electrons. The maximum absolute atomic E-state index is 5.63. The molecule has 0 radical (unpaired) electrons. The predicted molar refractivity (Wildman–Crippen MR) is 62.9 cm³/mol. The average Bonchev–Trinajstić information content (AvgIpc) is 2.26. The largest absolute Gasteiger partial charge is 0.387 e. The van der Waals surface area contributed by atoms with Gasteiger partial charge in [-0.2, -0.15) is 0 Å². The number of nitrogens with zero attached hydrogens (tertiary/aromatic N) is 1. The van der Waals surface area contributed by atoms with Crippen molar-refractivity contribution in [2.75, 3.05) is 13.2 Å². The molecule has 0 spiro atoms. The highest BCUT2D eigenvalue weighted by Gasteiger charge is 1.94. The Labute approximate surface area is 91.0 Å². The Balaban J connectivity index is 2.15. The van der Waals surface area contributed by atoms with E-state index in [4.69, 9.17) is 10.5 Å². The molecule has 15 heavy (non-hydrogen) atoms. The maximum atomic E-state index is 5.63. The fraction of sp³-hybridized carbons (Fsp3) is 0.417. The van der Waals surface area contributed by atoms with E-state index >= 15 is 0 Å². The number of hydrogen-bond acceptors (Lipinski definition) is 2. The van der Waals surface area contributed by atoms with Crippen LogP contribution < -0.4 is 5.73 Å². The fourth-order valence-electron chi connectivity index (χ4n) is 1.22. The van der Waals surface area contributed by atoms with Crippen LogP contribution in [-0.4, -0.2) is 19.0 Å². The van der Waals surface area contributed by atoms with E-state index in [-0.39, 0.29) is 0 Å². The van der Waals surface area contributed by atoms with Gasteiger partial charge in [-0.3, -0.25) is 4.99 Å². The third kappa shape index (κ3) is 5.18. The molecule has 1 rings (SSSR count). The van der Waals surface area contributed by atoms with Crippen LogP contribution in [0.2, 0.25) is 0 Å². The Morgan fingerprint density at radius 3 is 2.73 bits per heavy atom. The first-order chi connectivity index (χ1) is 7.33. The summed E-state index contributed by atoms with van der Waals surface area (Å²) in [4.78, 5) is 4.08. The second-order valence-electron chi connectivity index (χ2n) is 3.25. The van der Waals surface area contributed by atoms with Gasteiger partial charge in [0, 0.05) is 13.0 Å². The highest BCUT2D eigenvalue weighted by atomic mass is 16.5. The molecule has 3 heteroatoms. The van der Waals surface area contributed by atoms with Crippen molar-refractivity contribution in [1.82, 2.24) is 0 Å². The van der Waals surface area contributed by atoms with E-state index in [2.05, 4.69) is 4.99 Å². The molecule has 0 atom stereocenters. The van der Waals surface area contributed by atoms with Crippen molar-refractivity contribution in [1.29, 1.82) is 0 Å². The summed E-state index contributed by atoms with van der Waals surface area (Å²) in [5, 5.41) is 0. The van der Waals surface area contributed by atoms with Crippen LogP contribution >= 0.6 is 0 Å². The van der Waals surface area contributed by atoms with E-state index in [1.54, 1.807) is 0 Å². The molecule has 3 nitrogen and oxygen atoms in total. The lowest BCUT2D eigenvalue weighted by Gasteiger charge is -2.03. The van der Waals surface area contributed by atoms with Crippen LogP contribution in [-0.2, 0) is 11.3 Å². The minimum absolute atomic E-state index is 0.629. The lowest BCUT2D eigenvalue weighted by molar-refractivity contribution is 0.127. The first-order valence-electron chi connectivity index (χ1n) is 5.23. The zero-order valence-electron chi connectivity index (χ0n) is 9.15. The summed E-state index contributed by atoms with van der Waals surface area (Å²) in [6.07, 6.45) is 0.709. The van der Waals surface area contributed by atoms with E-state index in [1.165, 1.54) is 5.56 Å². The molecule has 2 N–H and O–H groups in total. The van der Waals surface area contributed by atoms with Gasteiger partial charge in [-0.25, -0.2) is 0 Å². The molecule has 0 amide bonds. The van der Waals surface area contributed by atoms with Gasteiger partial charge in [0.2, 0.25) is 0 Å². The smallest absolute Gasteiger partial charge is 0.0960 e. The fourth-order valence-corrected chi connectivity index (χ4v) is 1.22. The van der Waals surface area contributed by atoms with Crippen LogP contribution in [0.5, 0.6) is 0 Å². The van der Waals surface area contributed by atoms with Crippen molar-refractivity contribution in [2.24, 2.45) is 10.7 Å². The van der Waals surface area contributed by atoms with E-state index in [0.29, 0.717) is 25.5 Å². The van der Waals surface area contributed by atoms with Gasteiger partial charge >= 0.3 is 0 Å². The van der Waals surface area contributed by atoms with Gasteiger partial charge in [0.1, 0.15) is 0 Å². The van der Waals surface area contributed by atoms with E-state index in [1.807, 2.05) is 37.3 Å². The van der Waals surface area contributed by atoms with E-state index in [0.717, 1.165) is 6.54 Å². The van der Waals surface area contributed by atoms with Gasteiger partial charge in [-0.15, -0.1) is 0 Å². The quantitative estimate of drug-likeness (QED) is 0.439. The van der Waals surface area contributed by atoms with Crippen molar-refractivity contribution in [3.05, 3.63) is 35.9 Å². The van der Waals surface area contributed by atoms with Gasteiger partial charge in [0.15, 0.2) is 0 Å². The molecule has 0 aromatic heterocycles. The third-order valence-electron chi connectivity index (χ3n) is 1.98. The molecular formula is C12H18N2O. The molecule has 1 aromatic carbocycles. The molecule has 0 fully saturated rings. The van der Waals surface area contributed by atoms with Crippen molar-refractivity contribution < 1.29 is 4.74 Å². The Kier molecular flexibility index (Phi) is 5.48. The third-order valence-corrected chi connectivity index (χ3v) is 1.98. The summed E-state index contributed by atoms with van der Waals surface area (Å²) >= 11 is 0. The summed E-state index contributed by atoms with van der Waals surface area (Å²) in [6.45, 7) is 3.98. The minimum atomic E-state index is 0.629. The van der Waals surface area contributed by atoms with Crippen LogP contribution in [0.15, 0.2) is 35.3 Å². The van der Waals surface area contributed by atoms with Crippen LogP contribution in [0, 0.1) is 0 Å². The lowest BCUT2D eigenvalue weighted by Crippen LogP contribution is -2.14. The number of ether oxygens (including phenoxy) is 1. The van der Waals surface area contributed by atoms with Gasteiger partial charge in [-0.1, -0.05) is 30.3 Å². The van der Waals surface area contributed by atoms with Crippen molar-refractivity contribution >= 4 is 5.84 Å². The van der Waals surface area contributed by atoms with Gasteiger partial charge in [0.25, 0.3) is 0 Å². The molecule has 0 aliphatic rings. The number of benzene rings is 1. The monoisotopic (exact) mass is 206 g/mol. The van der Waals surface area contributed by atoms with E-state index < -0.39 is 0 Å². The number of rotatable bonds is 6. The van der Waals surface area contributed by atoms with Gasteiger partial charge in [-0.05, 0) is 12.5 Å². The predicted octanol–water partition coefficient (Wildman–Crippen LogP) is 1.97. The highest BCUT2D eigenvalue weighted by molar-refractivity contribution is 5.80. The van der Waals surface area contributed by atoms with Crippen LogP contribution in [0.25, 0.3) is 0 Å². The second-order valence-corrected chi connectivity index (χ2v) is 3.25. The Morgan fingerprint density at radius 2 is 2.07 bits per heavy atom. The Hall–Kier alpha value is -1.35. The topological polar surface area (TPSA) is 47.6 Å². The average molecular weight is 206 g/mol. The summed E-state index contributed by atoms with van der Waals surface area (Å²) < 4.78 is 5.48. The standard InChI is InChI=1S/C12H18N2O/c1-2-14-12(13)8-9-15-10-11-6-4-3-5-7-11/h3-7H,2,8-10H2,1H3,(H2,13,14). The lowest BCUT2D eigenvalue weighted by atomic mass is 10.2. The van der Waals surface area contributed by atoms with Gasteiger partial charge < -0.3 is 10.5 Å². The second kappa shape index (κ2) is 7.01. The number of aliphatic imine (C=N–C) groups is 1. The number of amidine groups is 1. The molecule has 1 aromatic rings. The highest BCUT2D eigenvalue weighted by Crippen LogP contribution is 2.00. The van der Waals surface area contributed by atoms with Crippen LogP contribution in [0.1, 0.15) is 18.9 Å². The van der Waals surface area contributed by atoms with Crippen LogP contribution in [0.3, 0.4) is 0 Å². The minimum Gasteiger partial charge on any atom is -0.387 e. The summed E-state index contributed by atoms with van der Waals surface area (Å²) in [5.41, 5.74) is 6.82. The normalized spacial score (nSPS) is 11.7. The van der Waals surface area contributed by atoms with Crippen molar-refractivity contribution in [3.8, 4) is 0 Å². The number of hydrogen-bond donors (Lipinski definition) is 1. The molecule has 0 saturated heterocycles. The Morgan fingerprint density at radius 1 is 1.33 bits per heavy atom. The summed E-state index contributed by atoms with van der Waals surface area (Å²) in [5.74, 6) is 0.672. The van der Waals surface area contributed by atoms with Gasteiger partial charge in [0.05, 0.1) is 19.0 Å². The summed E-state index contributed by atoms with van der Waals surface area (Å²) in [6, 6.07) is 10.1. The van der Waals surface area contributed by atoms with E-state index in [9.17, 15) is 0 Å². The molecule has 0 aliphatic heterocycles. The molecule has 0 bridgehead atoms. The first kappa shape index (κ1) is 11.7. The molecule has 0 heterocycles. The Bertz CT molecular complexity index is 296. The zero-order chi connectivity index (χ0) is 10.9. The number of nitrogens with two attached hydrogens (primary N) is 1. The first-order valence-corrected chi connectivity index (χ1v) is 5.23. The molecule has 0 unspecified atom stereocenters. The molecular weight excluding hydrogens is 188 g/mol. The van der Waals surface area contributed by atoms with Crippen molar-refractivity contribution in [3.63, 3.8) is 0 Å². The van der Waals surface area contributed by atoms with Crippen molar-refractivity contribution in [2.45, 2.75) is 20.0 Å². The molecule has 0 saturated carbocycles. The summed E-state index contributed by atoms with van der Waals surface area (Å²) in [7, 11) is 0.